The van der Waals surface area contributed by atoms with Crippen LogP contribution in [0.15, 0.2) is 48.8 Å². The summed E-state index contributed by atoms with van der Waals surface area (Å²) < 4.78 is 15.3. The normalized spacial score (nSPS) is 14.5. The summed E-state index contributed by atoms with van der Waals surface area (Å²) in [7, 11) is 3.34. The maximum Gasteiger partial charge on any atom is 0.309 e. The fourth-order valence-electron chi connectivity index (χ4n) is 3.68. The monoisotopic (exact) mass is 350 g/mol. The molecule has 0 atom stereocenters. The average Bonchev–Trinajstić information content (AvgIpc) is 3.06. The van der Waals surface area contributed by atoms with E-state index in [0.717, 1.165) is 35.9 Å². The molecule has 1 aliphatic rings. The van der Waals surface area contributed by atoms with Crippen LogP contribution >= 0.6 is 0 Å². The van der Waals surface area contributed by atoms with E-state index in [2.05, 4.69) is 55.1 Å². The molecular formula is C21H24N3O2+. The van der Waals surface area contributed by atoms with Crippen molar-refractivity contribution < 1.29 is 14.0 Å². The number of ether oxygens (including phenoxy) is 2. The predicted molar refractivity (Wildman–Crippen MR) is 99.5 cm³/mol. The van der Waals surface area contributed by atoms with Gasteiger partial charge < -0.3 is 9.47 Å². The van der Waals surface area contributed by atoms with Gasteiger partial charge in [-0.05, 0) is 37.1 Å². The molecule has 5 heteroatoms. The lowest BCUT2D eigenvalue weighted by Gasteiger charge is -2.29. The van der Waals surface area contributed by atoms with E-state index >= 15 is 0 Å². The Balaban J connectivity index is 1.82. The van der Waals surface area contributed by atoms with Crippen molar-refractivity contribution in [3.05, 3.63) is 59.9 Å². The Labute approximate surface area is 153 Å². The highest BCUT2D eigenvalue weighted by atomic mass is 16.5. The van der Waals surface area contributed by atoms with E-state index in [9.17, 15) is 0 Å². The molecule has 0 spiro atoms. The van der Waals surface area contributed by atoms with Gasteiger partial charge in [-0.15, -0.1) is 4.68 Å². The molecule has 0 bridgehead atoms. The Hall–Kier alpha value is -2.82. The van der Waals surface area contributed by atoms with Crippen LogP contribution in [0.1, 0.15) is 25.0 Å². The Kier molecular flexibility index (Phi) is 3.94. The maximum atomic E-state index is 5.50. The highest BCUT2D eigenvalue weighted by Crippen LogP contribution is 2.39. The van der Waals surface area contributed by atoms with Crippen LogP contribution in [0.2, 0.25) is 0 Å². The third-order valence-corrected chi connectivity index (χ3v) is 5.01. The van der Waals surface area contributed by atoms with Crippen LogP contribution in [0.5, 0.6) is 11.5 Å². The van der Waals surface area contributed by atoms with Gasteiger partial charge in [0.2, 0.25) is 6.33 Å². The zero-order valence-electron chi connectivity index (χ0n) is 15.7. The first-order valence-electron chi connectivity index (χ1n) is 8.80. The van der Waals surface area contributed by atoms with Crippen molar-refractivity contribution in [1.29, 1.82) is 0 Å². The number of hydrogen-bond donors (Lipinski definition) is 0. The summed E-state index contributed by atoms with van der Waals surface area (Å²) in [5.74, 6) is 2.46. The van der Waals surface area contributed by atoms with Crippen molar-refractivity contribution in [2.45, 2.75) is 32.4 Å². The first kappa shape index (κ1) is 16.6. The SMILES string of the molecule is COc1cc2c(cc1OC)-c1nn(Cc3ccccc3)c[n+]1C(C)(C)C2. The lowest BCUT2D eigenvalue weighted by Crippen LogP contribution is -2.56. The van der Waals surface area contributed by atoms with Crippen LogP contribution in [0.3, 0.4) is 0 Å². The first-order valence-corrected chi connectivity index (χ1v) is 8.80. The Bertz CT molecular complexity index is 945. The number of methoxy groups -OCH3 is 2. The number of benzene rings is 2. The molecule has 0 radical (unpaired) electrons. The molecule has 0 amide bonds. The summed E-state index contributed by atoms with van der Waals surface area (Å²) in [6, 6.07) is 14.5. The Morgan fingerprint density at radius 2 is 1.77 bits per heavy atom. The molecule has 0 saturated carbocycles. The van der Waals surface area contributed by atoms with Gasteiger partial charge >= 0.3 is 5.82 Å². The van der Waals surface area contributed by atoms with Gasteiger partial charge in [0.1, 0.15) is 6.54 Å². The minimum Gasteiger partial charge on any atom is -0.493 e. The highest BCUT2D eigenvalue weighted by molar-refractivity contribution is 5.65. The van der Waals surface area contributed by atoms with E-state index in [1.807, 2.05) is 16.8 Å². The van der Waals surface area contributed by atoms with Crippen LogP contribution in [-0.2, 0) is 18.5 Å². The lowest BCUT2D eigenvalue weighted by molar-refractivity contribution is -0.750. The fourth-order valence-corrected chi connectivity index (χ4v) is 3.68. The summed E-state index contributed by atoms with van der Waals surface area (Å²) in [4.78, 5) is 0. The largest absolute Gasteiger partial charge is 0.493 e. The summed E-state index contributed by atoms with van der Waals surface area (Å²) in [6.07, 6.45) is 3.03. The van der Waals surface area contributed by atoms with Gasteiger partial charge in [-0.3, -0.25) is 0 Å². The third-order valence-electron chi connectivity index (χ3n) is 5.01. The quantitative estimate of drug-likeness (QED) is 0.679. The van der Waals surface area contributed by atoms with Crippen LogP contribution in [0.25, 0.3) is 11.4 Å². The number of nitrogens with zero attached hydrogens (tertiary/aromatic N) is 3. The Morgan fingerprint density at radius 3 is 2.46 bits per heavy atom. The summed E-state index contributed by atoms with van der Waals surface area (Å²) >= 11 is 0. The third kappa shape index (κ3) is 2.73. The van der Waals surface area contributed by atoms with Gasteiger partial charge in [0.05, 0.1) is 25.3 Å². The van der Waals surface area contributed by atoms with Crippen molar-refractivity contribution >= 4 is 0 Å². The van der Waals surface area contributed by atoms with Crippen molar-refractivity contribution in [3.63, 3.8) is 0 Å². The molecule has 2 heterocycles. The molecule has 0 N–H and O–H groups in total. The van der Waals surface area contributed by atoms with Gasteiger partial charge in [0.15, 0.2) is 11.5 Å². The van der Waals surface area contributed by atoms with Gasteiger partial charge in [0, 0.05) is 11.5 Å². The second-order valence-electron chi connectivity index (χ2n) is 7.35. The first-order chi connectivity index (χ1) is 12.5. The maximum absolute atomic E-state index is 5.50. The lowest BCUT2D eigenvalue weighted by atomic mass is 9.87. The molecule has 5 nitrogen and oxygen atoms in total. The van der Waals surface area contributed by atoms with Crippen molar-refractivity contribution in [2.75, 3.05) is 14.2 Å². The van der Waals surface area contributed by atoms with Gasteiger partial charge in [-0.1, -0.05) is 30.3 Å². The average molecular weight is 350 g/mol. The zero-order valence-corrected chi connectivity index (χ0v) is 15.7. The van der Waals surface area contributed by atoms with E-state index in [-0.39, 0.29) is 5.54 Å². The predicted octanol–water partition coefficient (Wildman–Crippen LogP) is 3.19. The highest BCUT2D eigenvalue weighted by Gasteiger charge is 2.39. The molecule has 26 heavy (non-hydrogen) atoms. The van der Waals surface area contributed by atoms with Crippen molar-refractivity contribution in [2.24, 2.45) is 0 Å². The standard InChI is InChI=1S/C21H24N3O2/c1-21(2)12-16-10-18(25-3)19(26-4)11-17(16)20-22-23(14-24(20)21)13-15-8-6-5-7-9-15/h5-11,14H,12-13H2,1-4H3/q+1. The summed E-state index contributed by atoms with van der Waals surface area (Å²) in [6.45, 7) is 5.23. The number of aromatic nitrogens is 3. The Morgan fingerprint density at radius 1 is 1.08 bits per heavy atom. The van der Waals surface area contributed by atoms with E-state index < -0.39 is 0 Å². The van der Waals surface area contributed by atoms with E-state index in [0.29, 0.717) is 0 Å². The summed E-state index contributed by atoms with van der Waals surface area (Å²) in [5, 5.41) is 4.90. The van der Waals surface area contributed by atoms with Crippen LogP contribution in [-0.4, -0.2) is 24.0 Å². The molecule has 4 rings (SSSR count). The molecule has 0 unspecified atom stereocenters. The molecule has 0 saturated heterocycles. The molecular weight excluding hydrogens is 326 g/mol. The minimum absolute atomic E-state index is 0.0587. The number of fused-ring (bicyclic) bond motifs is 3. The number of rotatable bonds is 4. The van der Waals surface area contributed by atoms with Crippen LogP contribution in [0, 0.1) is 0 Å². The fraction of sp³-hybridized carbons (Fsp3) is 0.333. The molecule has 1 aromatic heterocycles. The van der Waals surface area contributed by atoms with Crippen LogP contribution < -0.4 is 14.0 Å². The van der Waals surface area contributed by atoms with E-state index in [1.165, 1.54) is 11.1 Å². The molecule has 1 aliphatic heterocycles. The molecule has 0 aliphatic carbocycles. The van der Waals surface area contributed by atoms with Gasteiger partial charge in [0.25, 0.3) is 0 Å². The van der Waals surface area contributed by atoms with Gasteiger partial charge in [-0.2, -0.15) is 0 Å². The molecule has 2 aromatic carbocycles. The van der Waals surface area contributed by atoms with Crippen molar-refractivity contribution in [3.8, 4) is 22.9 Å². The molecule has 3 aromatic rings. The zero-order chi connectivity index (χ0) is 18.3. The molecule has 134 valence electrons. The topological polar surface area (TPSA) is 40.2 Å². The van der Waals surface area contributed by atoms with Gasteiger partial charge in [-0.25, -0.2) is 4.57 Å². The van der Waals surface area contributed by atoms with E-state index in [1.54, 1.807) is 14.2 Å². The van der Waals surface area contributed by atoms with Crippen LogP contribution in [0.4, 0.5) is 0 Å². The second kappa shape index (κ2) is 6.16. The van der Waals surface area contributed by atoms with Crippen molar-refractivity contribution in [1.82, 2.24) is 9.78 Å². The number of hydrogen-bond acceptors (Lipinski definition) is 3. The second-order valence-corrected chi connectivity index (χ2v) is 7.35. The minimum atomic E-state index is -0.0587. The smallest absolute Gasteiger partial charge is 0.309 e. The van der Waals surface area contributed by atoms with E-state index in [4.69, 9.17) is 14.6 Å². The molecule has 0 fully saturated rings. The summed E-state index contributed by atoms with van der Waals surface area (Å²) in [5.41, 5.74) is 3.52.